The summed E-state index contributed by atoms with van der Waals surface area (Å²) in [5.74, 6) is -3.75. The summed E-state index contributed by atoms with van der Waals surface area (Å²) in [5.41, 5.74) is 0.0784. The predicted octanol–water partition coefficient (Wildman–Crippen LogP) is 4.87. The molecule has 1 aliphatic rings. The average molecular weight is 402 g/mol. The van der Waals surface area contributed by atoms with Crippen molar-refractivity contribution in [2.75, 3.05) is 11.1 Å². The maximum atomic E-state index is 13.2. The number of rotatable bonds is 5. The van der Waals surface area contributed by atoms with Crippen LogP contribution in [0.15, 0.2) is 35.2 Å². The number of carbonyl (C=O) groups is 1. The van der Waals surface area contributed by atoms with Crippen molar-refractivity contribution < 1.29 is 23.1 Å². The fraction of sp³-hybridized carbons (Fsp3) is 0.278. The molecule has 1 amide bonds. The van der Waals surface area contributed by atoms with Crippen molar-refractivity contribution in [3.8, 4) is 0 Å². The lowest BCUT2D eigenvalue weighted by Crippen LogP contribution is -2.29. The summed E-state index contributed by atoms with van der Waals surface area (Å²) in [6.45, 7) is 0. The van der Waals surface area contributed by atoms with Gasteiger partial charge in [0.05, 0.1) is 11.1 Å². The van der Waals surface area contributed by atoms with E-state index in [9.17, 15) is 23.1 Å². The molecule has 0 aliphatic heterocycles. The molecule has 0 saturated heterocycles. The third-order valence-electron chi connectivity index (χ3n) is 4.12. The molecule has 0 radical (unpaired) electrons. The predicted molar refractivity (Wildman–Crippen MR) is 95.2 cm³/mol. The summed E-state index contributed by atoms with van der Waals surface area (Å²) in [7, 11) is 0. The average Bonchev–Trinajstić information content (AvgIpc) is 2.56. The standard InChI is InChI=1S/C18H15ClF3NO2S/c19-13-2-1-10(5-16(13)26-8-9-3-12(24)4-9)18(25)23-11-6-14(20)17(22)15(21)7-11/h1-2,5-7,9,12,24H,3-4,8H2,(H,23,25)/t9-,12+. The van der Waals surface area contributed by atoms with E-state index in [1.54, 1.807) is 12.1 Å². The first-order chi connectivity index (χ1) is 12.3. The molecule has 8 heteroatoms. The van der Waals surface area contributed by atoms with Crippen molar-refractivity contribution in [1.82, 2.24) is 0 Å². The summed E-state index contributed by atoms with van der Waals surface area (Å²) in [6.07, 6.45) is 1.28. The Morgan fingerprint density at radius 2 is 1.85 bits per heavy atom. The van der Waals surface area contributed by atoms with Gasteiger partial charge in [-0.25, -0.2) is 13.2 Å². The van der Waals surface area contributed by atoms with Gasteiger partial charge in [0, 0.05) is 34.0 Å². The number of hydrogen-bond donors (Lipinski definition) is 2. The van der Waals surface area contributed by atoms with E-state index in [2.05, 4.69) is 5.32 Å². The summed E-state index contributed by atoms with van der Waals surface area (Å²) < 4.78 is 39.5. The molecular weight excluding hydrogens is 387 g/mol. The third-order valence-corrected chi connectivity index (χ3v) is 5.85. The molecule has 2 aromatic carbocycles. The highest BCUT2D eigenvalue weighted by atomic mass is 35.5. The molecule has 138 valence electrons. The van der Waals surface area contributed by atoms with Crippen LogP contribution in [0.2, 0.25) is 5.02 Å². The summed E-state index contributed by atoms with van der Waals surface area (Å²) in [5, 5.41) is 12.1. The smallest absolute Gasteiger partial charge is 0.255 e. The van der Waals surface area contributed by atoms with Gasteiger partial charge in [0.15, 0.2) is 17.5 Å². The Balaban J connectivity index is 1.70. The number of halogens is 4. The monoisotopic (exact) mass is 401 g/mol. The first-order valence-electron chi connectivity index (χ1n) is 7.90. The third kappa shape index (κ3) is 4.34. The largest absolute Gasteiger partial charge is 0.393 e. The van der Waals surface area contributed by atoms with E-state index >= 15 is 0 Å². The van der Waals surface area contributed by atoms with E-state index < -0.39 is 23.4 Å². The van der Waals surface area contributed by atoms with E-state index in [-0.39, 0.29) is 17.4 Å². The lowest BCUT2D eigenvalue weighted by Gasteiger charge is -2.31. The molecule has 0 aromatic heterocycles. The lowest BCUT2D eigenvalue weighted by atomic mass is 9.84. The van der Waals surface area contributed by atoms with Gasteiger partial charge >= 0.3 is 0 Å². The molecule has 0 heterocycles. The zero-order valence-corrected chi connectivity index (χ0v) is 15.0. The number of anilines is 1. The van der Waals surface area contributed by atoms with Crippen LogP contribution in [-0.4, -0.2) is 22.9 Å². The van der Waals surface area contributed by atoms with Crippen LogP contribution in [0.1, 0.15) is 23.2 Å². The van der Waals surface area contributed by atoms with Gasteiger partial charge in [-0.3, -0.25) is 4.79 Å². The Bertz CT molecular complexity index is 820. The molecule has 0 unspecified atom stereocenters. The lowest BCUT2D eigenvalue weighted by molar-refractivity contribution is 0.0533. The number of carbonyl (C=O) groups excluding carboxylic acids is 1. The van der Waals surface area contributed by atoms with Gasteiger partial charge in [0.25, 0.3) is 5.91 Å². The zero-order valence-electron chi connectivity index (χ0n) is 13.4. The maximum Gasteiger partial charge on any atom is 0.255 e. The molecule has 1 aliphatic carbocycles. The van der Waals surface area contributed by atoms with Crippen molar-refractivity contribution in [1.29, 1.82) is 0 Å². The number of thioether (sulfide) groups is 1. The molecule has 0 atom stereocenters. The van der Waals surface area contributed by atoms with Crippen LogP contribution in [0, 0.1) is 23.4 Å². The Labute approximate surface area is 157 Å². The van der Waals surface area contributed by atoms with Crippen LogP contribution < -0.4 is 5.32 Å². The van der Waals surface area contributed by atoms with Gasteiger partial charge in [-0.15, -0.1) is 11.8 Å². The van der Waals surface area contributed by atoms with Gasteiger partial charge in [-0.2, -0.15) is 0 Å². The van der Waals surface area contributed by atoms with E-state index in [0.717, 1.165) is 18.6 Å². The SMILES string of the molecule is O=C(Nc1cc(F)c(F)c(F)c1)c1ccc(Cl)c(SC[C@H]2C[C@@H](O)C2)c1. The van der Waals surface area contributed by atoms with Crippen molar-refractivity contribution in [3.05, 3.63) is 58.4 Å². The summed E-state index contributed by atoms with van der Waals surface area (Å²) in [6, 6.07) is 6.08. The first kappa shape index (κ1) is 19.1. The van der Waals surface area contributed by atoms with Crippen molar-refractivity contribution in [2.24, 2.45) is 5.92 Å². The summed E-state index contributed by atoms with van der Waals surface area (Å²) >= 11 is 7.64. The summed E-state index contributed by atoms with van der Waals surface area (Å²) in [4.78, 5) is 13.0. The molecule has 1 fully saturated rings. The van der Waals surface area contributed by atoms with Crippen LogP contribution in [0.25, 0.3) is 0 Å². The number of benzene rings is 2. The number of amides is 1. The van der Waals surface area contributed by atoms with Gasteiger partial charge < -0.3 is 10.4 Å². The molecule has 3 nitrogen and oxygen atoms in total. The molecular formula is C18H15ClF3NO2S. The van der Waals surface area contributed by atoms with Gasteiger partial charge in [0.2, 0.25) is 0 Å². The zero-order chi connectivity index (χ0) is 18.8. The van der Waals surface area contributed by atoms with Crippen LogP contribution in [0.5, 0.6) is 0 Å². The van der Waals surface area contributed by atoms with Gasteiger partial charge in [-0.1, -0.05) is 11.6 Å². The second-order valence-corrected chi connectivity index (χ2v) is 7.62. The minimum Gasteiger partial charge on any atom is -0.393 e. The van der Waals surface area contributed by atoms with E-state index in [1.807, 2.05) is 0 Å². The highest BCUT2D eigenvalue weighted by Gasteiger charge is 2.27. The molecule has 2 aromatic rings. The fourth-order valence-corrected chi connectivity index (χ4v) is 4.02. The highest BCUT2D eigenvalue weighted by Crippen LogP contribution is 2.36. The van der Waals surface area contributed by atoms with E-state index in [1.165, 1.54) is 17.8 Å². The number of aliphatic hydroxyl groups excluding tert-OH is 1. The topological polar surface area (TPSA) is 49.3 Å². The molecule has 26 heavy (non-hydrogen) atoms. The number of nitrogens with one attached hydrogen (secondary N) is 1. The number of hydrogen-bond acceptors (Lipinski definition) is 3. The van der Waals surface area contributed by atoms with Crippen LogP contribution in [0.4, 0.5) is 18.9 Å². The first-order valence-corrected chi connectivity index (χ1v) is 9.26. The molecule has 0 bridgehead atoms. The van der Waals surface area contributed by atoms with Gasteiger partial charge in [0.1, 0.15) is 0 Å². The van der Waals surface area contributed by atoms with Crippen molar-refractivity contribution in [3.63, 3.8) is 0 Å². The number of aliphatic hydroxyl groups is 1. The highest BCUT2D eigenvalue weighted by molar-refractivity contribution is 7.99. The fourth-order valence-electron chi connectivity index (χ4n) is 2.63. The van der Waals surface area contributed by atoms with Gasteiger partial charge in [-0.05, 0) is 37.0 Å². The second-order valence-electron chi connectivity index (χ2n) is 6.16. The molecule has 0 spiro atoms. The second kappa shape index (κ2) is 7.90. The quantitative estimate of drug-likeness (QED) is 0.555. The van der Waals surface area contributed by atoms with E-state index in [0.29, 0.717) is 28.0 Å². The normalized spacial score (nSPS) is 19.1. The Kier molecular flexibility index (Phi) is 5.79. The van der Waals surface area contributed by atoms with Crippen LogP contribution in [0.3, 0.4) is 0 Å². The Hall–Kier alpha value is -1.70. The Morgan fingerprint density at radius 3 is 2.46 bits per heavy atom. The molecule has 2 N–H and O–H groups in total. The van der Waals surface area contributed by atoms with E-state index in [4.69, 9.17) is 11.6 Å². The Morgan fingerprint density at radius 1 is 1.19 bits per heavy atom. The van der Waals surface area contributed by atoms with Crippen LogP contribution >= 0.6 is 23.4 Å². The minimum absolute atomic E-state index is 0.181. The molecule has 3 rings (SSSR count). The minimum atomic E-state index is -1.59. The van der Waals surface area contributed by atoms with Crippen molar-refractivity contribution in [2.45, 2.75) is 23.8 Å². The maximum absolute atomic E-state index is 13.2. The molecule has 1 saturated carbocycles. The van der Waals surface area contributed by atoms with Crippen LogP contribution in [-0.2, 0) is 0 Å². The van der Waals surface area contributed by atoms with Crippen molar-refractivity contribution >= 4 is 35.0 Å².